The molecule has 0 spiro atoms. The third-order valence-corrected chi connectivity index (χ3v) is 5.00. The second kappa shape index (κ2) is 9.07. The van der Waals surface area contributed by atoms with E-state index in [1.165, 1.54) is 34.1 Å². The fourth-order valence-electron chi connectivity index (χ4n) is 3.47. The quantitative estimate of drug-likeness (QED) is 0.734. The molecule has 1 saturated heterocycles. The zero-order chi connectivity index (χ0) is 21.8. The summed E-state index contributed by atoms with van der Waals surface area (Å²) in [5.74, 6) is -0.943. The minimum Gasteiger partial charge on any atom is -0.329 e. The molecule has 1 fully saturated rings. The molecule has 0 N–H and O–H groups in total. The first-order valence-electron chi connectivity index (χ1n) is 9.95. The van der Waals surface area contributed by atoms with E-state index in [0.717, 1.165) is 5.56 Å². The van der Waals surface area contributed by atoms with Crippen LogP contribution < -0.4 is 4.90 Å². The number of anilines is 1. The fourth-order valence-corrected chi connectivity index (χ4v) is 3.47. The van der Waals surface area contributed by atoms with Gasteiger partial charge in [0.05, 0.1) is 0 Å². The number of benzene rings is 2. The molecule has 6 nitrogen and oxygen atoms in total. The molecule has 0 bridgehead atoms. The lowest BCUT2D eigenvalue weighted by molar-refractivity contribution is -0.132. The number of halogens is 1. The van der Waals surface area contributed by atoms with Gasteiger partial charge in [-0.3, -0.25) is 19.3 Å². The van der Waals surface area contributed by atoms with Crippen molar-refractivity contribution >= 4 is 23.4 Å². The number of hydrogen-bond acceptors (Lipinski definition) is 3. The Morgan fingerprint density at radius 1 is 1.10 bits per heavy atom. The SMILES string of the molecule is Cc1ccccc1C(=O)N(CC(=O)N1CC(=O)N(c2ccc(F)cc2)C1)CC(C)C. The Labute approximate surface area is 175 Å². The zero-order valence-electron chi connectivity index (χ0n) is 17.5. The normalized spacial score (nSPS) is 13.8. The summed E-state index contributed by atoms with van der Waals surface area (Å²) in [6.45, 7) is 6.18. The van der Waals surface area contributed by atoms with Gasteiger partial charge in [-0.05, 0) is 48.7 Å². The summed E-state index contributed by atoms with van der Waals surface area (Å²) in [6, 6.07) is 12.9. The molecule has 2 aromatic rings. The highest BCUT2D eigenvalue weighted by atomic mass is 19.1. The lowest BCUT2D eigenvalue weighted by Gasteiger charge is -2.27. The van der Waals surface area contributed by atoms with Crippen molar-refractivity contribution in [2.24, 2.45) is 5.92 Å². The van der Waals surface area contributed by atoms with Gasteiger partial charge in [0.25, 0.3) is 5.91 Å². The van der Waals surface area contributed by atoms with E-state index in [4.69, 9.17) is 0 Å². The van der Waals surface area contributed by atoms with Gasteiger partial charge in [0.2, 0.25) is 11.8 Å². The Hall–Kier alpha value is -3.22. The molecule has 1 aliphatic rings. The van der Waals surface area contributed by atoms with Crippen molar-refractivity contribution < 1.29 is 18.8 Å². The average molecular weight is 411 g/mol. The molecule has 1 heterocycles. The minimum absolute atomic E-state index is 0.0652. The Morgan fingerprint density at radius 2 is 1.77 bits per heavy atom. The molecule has 0 unspecified atom stereocenters. The van der Waals surface area contributed by atoms with Crippen molar-refractivity contribution in [3.8, 4) is 0 Å². The molecule has 0 saturated carbocycles. The standard InChI is InChI=1S/C23H26FN3O3/c1-16(2)12-25(23(30)20-7-5-4-6-17(20)3)13-21(28)26-14-22(29)27(15-26)19-10-8-18(24)9-11-19/h4-11,16H,12-15H2,1-3H3. The van der Waals surface area contributed by atoms with Gasteiger partial charge in [0, 0.05) is 17.8 Å². The molecular formula is C23H26FN3O3. The van der Waals surface area contributed by atoms with Gasteiger partial charge in [-0.2, -0.15) is 0 Å². The van der Waals surface area contributed by atoms with E-state index in [0.29, 0.717) is 17.8 Å². The molecule has 2 aromatic carbocycles. The predicted octanol–water partition coefficient (Wildman–Crippen LogP) is 3.07. The summed E-state index contributed by atoms with van der Waals surface area (Å²) in [6.07, 6.45) is 0. The number of aryl methyl sites for hydroxylation is 1. The lowest BCUT2D eigenvalue weighted by atomic mass is 10.1. The second-order valence-electron chi connectivity index (χ2n) is 7.93. The van der Waals surface area contributed by atoms with Crippen LogP contribution in [0.5, 0.6) is 0 Å². The summed E-state index contributed by atoms with van der Waals surface area (Å²) in [4.78, 5) is 42.8. The Morgan fingerprint density at radius 3 is 2.40 bits per heavy atom. The molecule has 0 radical (unpaired) electrons. The van der Waals surface area contributed by atoms with Crippen molar-refractivity contribution in [1.82, 2.24) is 9.80 Å². The van der Waals surface area contributed by atoms with Gasteiger partial charge in [0.1, 0.15) is 25.6 Å². The van der Waals surface area contributed by atoms with Crippen LogP contribution in [0.2, 0.25) is 0 Å². The third-order valence-electron chi connectivity index (χ3n) is 5.00. The van der Waals surface area contributed by atoms with E-state index in [2.05, 4.69) is 0 Å². The number of amides is 3. The first kappa shape index (κ1) is 21.5. The zero-order valence-corrected chi connectivity index (χ0v) is 17.5. The highest BCUT2D eigenvalue weighted by Gasteiger charge is 2.33. The molecule has 30 heavy (non-hydrogen) atoms. The van der Waals surface area contributed by atoms with Gasteiger partial charge < -0.3 is 9.80 Å². The summed E-state index contributed by atoms with van der Waals surface area (Å²) in [5.41, 5.74) is 1.95. The monoisotopic (exact) mass is 411 g/mol. The van der Waals surface area contributed by atoms with Crippen LogP contribution in [0.4, 0.5) is 10.1 Å². The number of nitrogens with zero attached hydrogens (tertiary/aromatic N) is 3. The Bertz CT molecular complexity index is 943. The van der Waals surface area contributed by atoms with Crippen LogP contribution in [0.25, 0.3) is 0 Å². The molecule has 3 amide bonds. The van der Waals surface area contributed by atoms with Crippen molar-refractivity contribution in [1.29, 1.82) is 0 Å². The number of hydrogen-bond donors (Lipinski definition) is 0. The third kappa shape index (κ3) is 4.84. The number of carbonyl (C=O) groups excluding carboxylic acids is 3. The number of carbonyl (C=O) groups is 3. The maximum Gasteiger partial charge on any atom is 0.254 e. The van der Waals surface area contributed by atoms with Crippen LogP contribution >= 0.6 is 0 Å². The van der Waals surface area contributed by atoms with Crippen LogP contribution in [0, 0.1) is 18.7 Å². The van der Waals surface area contributed by atoms with Crippen molar-refractivity contribution in [2.45, 2.75) is 20.8 Å². The second-order valence-corrected chi connectivity index (χ2v) is 7.93. The van der Waals surface area contributed by atoms with Crippen LogP contribution in [-0.4, -0.2) is 53.8 Å². The predicted molar refractivity (Wildman–Crippen MR) is 112 cm³/mol. The van der Waals surface area contributed by atoms with Crippen LogP contribution in [0.3, 0.4) is 0 Å². The highest BCUT2D eigenvalue weighted by molar-refractivity contribution is 6.01. The van der Waals surface area contributed by atoms with E-state index >= 15 is 0 Å². The summed E-state index contributed by atoms with van der Waals surface area (Å²) < 4.78 is 13.2. The van der Waals surface area contributed by atoms with E-state index < -0.39 is 5.82 Å². The first-order chi connectivity index (χ1) is 14.3. The van der Waals surface area contributed by atoms with Crippen LogP contribution in [0.15, 0.2) is 48.5 Å². The van der Waals surface area contributed by atoms with Gasteiger partial charge in [-0.1, -0.05) is 32.0 Å². The van der Waals surface area contributed by atoms with E-state index in [-0.39, 0.29) is 43.4 Å². The minimum atomic E-state index is -0.391. The van der Waals surface area contributed by atoms with E-state index in [1.54, 1.807) is 17.0 Å². The fraction of sp³-hybridized carbons (Fsp3) is 0.348. The van der Waals surface area contributed by atoms with Crippen molar-refractivity contribution in [2.75, 3.05) is 31.2 Å². The van der Waals surface area contributed by atoms with Crippen molar-refractivity contribution in [3.63, 3.8) is 0 Å². The van der Waals surface area contributed by atoms with Crippen LogP contribution in [0.1, 0.15) is 29.8 Å². The Balaban J connectivity index is 1.73. The molecule has 0 aromatic heterocycles. The van der Waals surface area contributed by atoms with E-state index in [9.17, 15) is 18.8 Å². The molecular weight excluding hydrogens is 385 g/mol. The van der Waals surface area contributed by atoms with Gasteiger partial charge in [-0.25, -0.2) is 4.39 Å². The summed E-state index contributed by atoms with van der Waals surface area (Å²) >= 11 is 0. The van der Waals surface area contributed by atoms with Gasteiger partial charge in [-0.15, -0.1) is 0 Å². The molecule has 3 rings (SSSR count). The largest absolute Gasteiger partial charge is 0.329 e. The van der Waals surface area contributed by atoms with Gasteiger partial charge in [0.15, 0.2) is 0 Å². The molecule has 1 aliphatic heterocycles. The molecule has 0 atom stereocenters. The molecule has 0 aliphatic carbocycles. The maximum atomic E-state index is 13.2. The smallest absolute Gasteiger partial charge is 0.254 e. The maximum absolute atomic E-state index is 13.2. The molecule has 158 valence electrons. The molecule has 7 heteroatoms. The summed E-state index contributed by atoms with van der Waals surface area (Å²) in [5, 5.41) is 0. The highest BCUT2D eigenvalue weighted by Crippen LogP contribution is 2.20. The van der Waals surface area contributed by atoms with Crippen molar-refractivity contribution in [3.05, 3.63) is 65.5 Å². The Kier molecular flexibility index (Phi) is 6.50. The van der Waals surface area contributed by atoms with Gasteiger partial charge >= 0.3 is 0 Å². The summed E-state index contributed by atoms with van der Waals surface area (Å²) in [7, 11) is 0. The topological polar surface area (TPSA) is 60.9 Å². The first-order valence-corrected chi connectivity index (χ1v) is 9.95. The average Bonchev–Trinajstić information content (AvgIpc) is 3.09. The van der Waals surface area contributed by atoms with Crippen LogP contribution in [-0.2, 0) is 9.59 Å². The van der Waals surface area contributed by atoms with E-state index in [1.807, 2.05) is 32.9 Å². The number of rotatable bonds is 6. The lowest BCUT2D eigenvalue weighted by Crippen LogP contribution is -2.44.